The van der Waals surface area contributed by atoms with Crippen molar-refractivity contribution in [2.75, 3.05) is 12.3 Å². The van der Waals surface area contributed by atoms with E-state index in [0.29, 0.717) is 15.9 Å². The second-order valence-corrected chi connectivity index (χ2v) is 4.99. The highest BCUT2D eigenvalue weighted by Crippen LogP contribution is 2.24. The topological polar surface area (TPSA) is 68.0 Å². The Labute approximate surface area is 92.9 Å². The third-order valence-electron chi connectivity index (χ3n) is 2.77. The number of anilines is 1. The molecule has 1 saturated carbocycles. The van der Waals surface area contributed by atoms with Crippen LogP contribution in [0.1, 0.15) is 35.4 Å². The zero-order chi connectivity index (χ0) is 10.7. The number of hydrogen-bond acceptors (Lipinski definition) is 4. The Balaban J connectivity index is 1.81. The Morgan fingerprint density at radius 2 is 2.33 bits per heavy atom. The summed E-state index contributed by atoms with van der Waals surface area (Å²) in [5.74, 6) is 0.621. The van der Waals surface area contributed by atoms with Crippen LogP contribution in [0.4, 0.5) is 5.13 Å². The van der Waals surface area contributed by atoms with Crippen molar-refractivity contribution in [3.05, 3.63) is 11.1 Å². The van der Waals surface area contributed by atoms with Crippen molar-refractivity contribution < 1.29 is 4.79 Å². The van der Waals surface area contributed by atoms with E-state index in [4.69, 9.17) is 5.73 Å². The Kier molecular flexibility index (Phi) is 3.20. The minimum absolute atomic E-state index is 0.0453. The fourth-order valence-electron chi connectivity index (χ4n) is 1.93. The number of nitrogens with one attached hydrogen (secondary N) is 1. The van der Waals surface area contributed by atoms with E-state index in [1.807, 2.05) is 0 Å². The van der Waals surface area contributed by atoms with Gasteiger partial charge >= 0.3 is 0 Å². The minimum atomic E-state index is -0.0453. The van der Waals surface area contributed by atoms with E-state index in [2.05, 4.69) is 10.3 Å². The van der Waals surface area contributed by atoms with Gasteiger partial charge in [-0.15, -0.1) is 0 Å². The molecule has 5 heteroatoms. The monoisotopic (exact) mass is 225 g/mol. The average molecular weight is 225 g/mol. The van der Waals surface area contributed by atoms with Crippen molar-refractivity contribution in [2.45, 2.75) is 25.7 Å². The molecule has 0 atom stereocenters. The predicted octanol–water partition coefficient (Wildman–Crippen LogP) is 1.65. The standard InChI is InChI=1S/C10H15N3OS/c11-10-13-6-8(15-10)9(14)12-5-7-3-1-2-4-7/h6-7H,1-5H2,(H2,11,13)(H,12,14). The molecule has 0 aromatic carbocycles. The fourth-order valence-corrected chi connectivity index (χ4v) is 2.53. The summed E-state index contributed by atoms with van der Waals surface area (Å²) < 4.78 is 0. The molecule has 0 unspecified atom stereocenters. The van der Waals surface area contributed by atoms with Crippen molar-refractivity contribution in [1.29, 1.82) is 0 Å². The van der Waals surface area contributed by atoms with Gasteiger partial charge in [0, 0.05) is 6.54 Å². The zero-order valence-electron chi connectivity index (χ0n) is 8.53. The van der Waals surface area contributed by atoms with Crippen LogP contribution in [0.2, 0.25) is 0 Å². The zero-order valence-corrected chi connectivity index (χ0v) is 9.35. The highest BCUT2D eigenvalue weighted by molar-refractivity contribution is 7.17. The first-order chi connectivity index (χ1) is 7.25. The molecule has 1 aliphatic rings. The van der Waals surface area contributed by atoms with Crippen molar-refractivity contribution in [3.63, 3.8) is 0 Å². The molecule has 1 fully saturated rings. The maximum atomic E-state index is 11.6. The molecule has 1 aromatic rings. The first-order valence-corrected chi connectivity index (χ1v) is 6.07. The molecule has 0 aliphatic heterocycles. The van der Waals surface area contributed by atoms with Gasteiger partial charge in [0.05, 0.1) is 6.20 Å². The molecular formula is C10H15N3OS. The molecule has 3 N–H and O–H groups in total. The lowest BCUT2D eigenvalue weighted by molar-refractivity contribution is 0.0951. The molecule has 1 aliphatic carbocycles. The van der Waals surface area contributed by atoms with Gasteiger partial charge in [-0.25, -0.2) is 4.98 Å². The van der Waals surface area contributed by atoms with E-state index in [1.54, 1.807) is 0 Å². The first-order valence-electron chi connectivity index (χ1n) is 5.25. The molecular weight excluding hydrogens is 210 g/mol. The second-order valence-electron chi connectivity index (χ2n) is 3.92. The third kappa shape index (κ3) is 2.68. The third-order valence-corrected chi connectivity index (χ3v) is 3.60. The number of amides is 1. The number of nitrogens with zero attached hydrogens (tertiary/aromatic N) is 1. The molecule has 1 aromatic heterocycles. The summed E-state index contributed by atoms with van der Waals surface area (Å²) in [6, 6.07) is 0. The van der Waals surface area contributed by atoms with Crippen molar-refractivity contribution in [1.82, 2.24) is 10.3 Å². The van der Waals surface area contributed by atoms with E-state index >= 15 is 0 Å². The smallest absolute Gasteiger partial charge is 0.263 e. The van der Waals surface area contributed by atoms with Crippen LogP contribution in [0, 0.1) is 5.92 Å². The number of thiazole rings is 1. The summed E-state index contributed by atoms with van der Waals surface area (Å²) in [4.78, 5) is 16.1. The van der Waals surface area contributed by atoms with Gasteiger partial charge in [0.25, 0.3) is 5.91 Å². The molecule has 0 saturated heterocycles. The molecule has 1 amide bonds. The van der Waals surface area contributed by atoms with Gasteiger partial charge in [-0.05, 0) is 18.8 Å². The van der Waals surface area contributed by atoms with Crippen molar-refractivity contribution in [3.8, 4) is 0 Å². The van der Waals surface area contributed by atoms with Crippen LogP contribution in [-0.2, 0) is 0 Å². The van der Waals surface area contributed by atoms with Crippen LogP contribution in [0.15, 0.2) is 6.20 Å². The molecule has 1 heterocycles. The fraction of sp³-hybridized carbons (Fsp3) is 0.600. The number of rotatable bonds is 3. The SMILES string of the molecule is Nc1ncc(C(=O)NCC2CCCC2)s1. The molecule has 0 radical (unpaired) electrons. The molecule has 4 nitrogen and oxygen atoms in total. The van der Waals surface area contributed by atoms with Crippen molar-refractivity contribution in [2.24, 2.45) is 5.92 Å². The lowest BCUT2D eigenvalue weighted by Gasteiger charge is -2.09. The summed E-state index contributed by atoms with van der Waals surface area (Å²) in [5.41, 5.74) is 5.46. The second kappa shape index (κ2) is 4.61. The minimum Gasteiger partial charge on any atom is -0.375 e. The molecule has 2 rings (SSSR count). The highest BCUT2D eigenvalue weighted by atomic mass is 32.1. The predicted molar refractivity (Wildman–Crippen MR) is 60.8 cm³/mol. The molecule has 15 heavy (non-hydrogen) atoms. The Morgan fingerprint density at radius 3 is 2.93 bits per heavy atom. The van der Waals surface area contributed by atoms with Gasteiger partial charge in [0.15, 0.2) is 5.13 Å². The first kappa shape index (κ1) is 10.4. The lowest BCUT2D eigenvalue weighted by atomic mass is 10.1. The Hall–Kier alpha value is -1.10. The average Bonchev–Trinajstić information content (AvgIpc) is 2.84. The van der Waals surface area contributed by atoms with E-state index < -0.39 is 0 Å². The summed E-state index contributed by atoms with van der Waals surface area (Å²) >= 11 is 1.23. The van der Waals surface area contributed by atoms with Crippen molar-refractivity contribution >= 4 is 22.4 Å². The van der Waals surface area contributed by atoms with Gasteiger partial charge in [-0.1, -0.05) is 24.2 Å². The molecule has 0 bridgehead atoms. The Bertz CT molecular complexity index is 344. The summed E-state index contributed by atoms with van der Waals surface area (Å²) in [5, 5.41) is 3.38. The van der Waals surface area contributed by atoms with Gasteiger partial charge in [-0.2, -0.15) is 0 Å². The lowest BCUT2D eigenvalue weighted by Crippen LogP contribution is -2.27. The van der Waals surface area contributed by atoms with Crippen LogP contribution in [0.3, 0.4) is 0 Å². The summed E-state index contributed by atoms with van der Waals surface area (Å²) in [6.45, 7) is 0.788. The number of nitrogens with two attached hydrogens (primary N) is 1. The number of nitrogen functional groups attached to an aromatic ring is 1. The van der Waals surface area contributed by atoms with Crippen LogP contribution >= 0.6 is 11.3 Å². The summed E-state index contributed by atoms with van der Waals surface area (Å²) in [6.07, 6.45) is 6.61. The van der Waals surface area contributed by atoms with Crippen LogP contribution in [-0.4, -0.2) is 17.4 Å². The number of hydrogen-bond donors (Lipinski definition) is 2. The maximum Gasteiger partial charge on any atom is 0.263 e. The summed E-state index contributed by atoms with van der Waals surface area (Å²) in [7, 11) is 0. The normalized spacial score (nSPS) is 16.8. The Morgan fingerprint density at radius 1 is 1.60 bits per heavy atom. The van der Waals surface area contributed by atoms with E-state index in [1.165, 1.54) is 43.2 Å². The quantitative estimate of drug-likeness (QED) is 0.821. The van der Waals surface area contributed by atoms with E-state index in [-0.39, 0.29) is 5.91 Å². The number of aromatic nitrogens is 1. The van der Waals surface area contributed by atoms with Gasteiger partial charge in [0.1, 0.15) is 4.88 Å². The number of carbonyl (C=O) groups is 1. The van der Waals surface area contributed by atoms with Gasteiger partial charge in [-0.3, -0.25) is 4.79 Å². The number of carbonyl (C=O) groups excluding carboxylic acids is 1. The van der Waals surface area contributed by atoms with E-state index in [0.717, 1.165) is 6.54 Å². The van der Waals surface area contributed by atoms with Gasteiger partial charge < -0.3 is 11.1 Å². The van der Waals surface area contributed by atoms with Crippen LogP contribution in [0.25, 0.3) is 0 Å². The maximum absolute atomic E-state index is 11.6. The largest absolute Gasteiger partial charge is 0.375 e. The highest BCUT2D eigenvalue weighted by Gasteiger charge is 2.16. The molecule has 0 spiro atoms. The van der Waals surface area contributed by atoms with Crippen LogP contribution in [0.5, 0.6) is 0 Å². The van der Waals surface area contributed by atoms with E-state index in [9.17, 15) is 4.79 Å². The molecule has 82 valence electrons. The van der Waals surface area contributed by atoms with Crippen LogP contribution < -0.4 is 11.1 Å². The van der Waals surface area contributed by atoms with Gasteiger partial charge in [0.2, 0.25) is 0 Å².